The molecule has 0 amide bonds. The first-order valence-electron chi connectivity index (χ1n) is 8.94. The predicted molar refractivity (Wildman–Crippen MR) is 99.8 cm³/mol. The van der Waals surface area contributed by atoms with Gasteiger partial charge in [-0.3, -0.25) is 4.98 Å². The molecule has 0 atom stereocenters. The number of nitrogens with two attached hydrogens (primary N) is 1. The van der Waals surface area contributed by atoms with Crippen LogP contribution in [-0.2, 0) is 17.9 Å². The normalized spacial score (nSPS) is 18.9. The molecule has 8 heteroatoms. The highest BCUT2D eigenvalue weighted by molar-refractivity contribution is 5.53. The lowest BCUT2D eigenvalue weighted by atomic mass is 9.78. The average Bonchev–Trinajstić information content (AvgIpc) is 3.14. The molecule has 1 aliphatic carbocycles. The molecule has 0 bridgehead atoms. The van der Waals surface area contributed by atoms with Crippen molar-refractivity contribution in [3.63, 3.8) is 0 Å². The number of aromatic nitrogens is 4. The van der Waals surface area contributed by atoms with Crippen molar-refractivity contribution in [3.8, 4) is 11.4 Å². The van der Waals surface area contributed by atoms with E-state index in [1.165, 1.54) is 0 Å². The van der Waals surface area contributed by atoms with E-state index in [4.69, 9.17) is 15.0 Å². The summed E-state index contributed by atoms with van der Waals surface area (Å²) in [6, 6.07) is 9.80. The number of methoxy groups -OCH3 is 1. The molecule has 0 spiro atoms. The molecule has 1 aliphatic rings. The van der Waals surface area contributed by atoms with Gasteiger partial charge in [-0.2, -0.15) is 0 Å². The molecule has 3 heterocycles. The number of pyridine rings is 1. The predicted octanol–water partition coefficient (Wildman–Crippen LogP) is 2.49. The van der Waals surface area contributed by atoms with E-state index in [2.05, 4.69) is 25.4 Å². The van der Waals surface area contributed by atoms with Crippen molar-refractivity contribution in [1.82, 2.24) is 20.1 Å². The van der Waals surface area contributed by atoms with Crippen molar-refractivity contribution in [3.05, 3.63) is 53.8 Å². The Morgan fingerprint density at radius 2 is 2.11 bits per heavy atom. The maximum atomic E-state index is 5.92. The van der Waals surface area contributed by atoms with E-state index in [0.717, 1.165) is 30.0 Å². The van der Waals surface area contributed by atoms with Crippen LogP contribution >= 0.6 is 0 Å². The van der Waals surface area contributed by atoms with Gasteiger partial charge in [0, 0.05) is 43.1 Å². The van der Waals surface area contributed by atoms with Gasteiger partial charge in [-0.25, -0.2) is 9.97 Å². The Hall–Kier alpha value is -2.84. The summed E-state index contributed by atoms with van der Waals surface area (Å²) < 4.78 is 10.6. The Kier molecular flexibility index (Phi) is 5.08. The van der Waals surface area contributed by atoms with Gasteiger partial charge in [0.15, 0.2) is 11.6 Å². The maximum absolute atomic E-state index is 5.92. The minimum Gasteiger partial charge on any atom is -0.377 e. The monoisotopic (exact) mass is 366 g/mol. The number of hydrogen-bond acceptors (Lipinski definition) is 8. The lowest BCUT2D eigenvalue weighted by Gasteiger charge is -2.32. The first kappa shape index (κ1) is 17.6. The van der Waals surface area contributed by atoms with Crippen LogP contribution in [-0.4, -0.2) is 33.3 Å². The van der Waals surface area contributed by atoms with Crippen LogP contribution in [0.2, 0.25) is 0 Å². The van der Waals surface area contributed by atoms with Crippen LogP contribution in [0.25, 0.3) is 11.4 Å². The van der Waals surface area contributed by atoms with Crippen LogP contribution < -0.4 is 11.1 Å². The fraction of sp³-hybridized carbons (Fsp3) is 0.368. The molecule has 1 saturated carbocycles. The molecule has 4 rings (SSSR count). The number of hydrogen-bond donors (Lipinski definition) is 2. The lowest BCUT2D eigenvalue weighted by molar-refractivity contribution is 0.177. The third kappa shape index (κ3) is 4.12. The maximum Gasteiger partial charge on any atom is 0.156 e. The van der Waals surface area contributed by atoms with Crippen LogP contribution in [0.3, 0.4) is 0 Å². The molecule has 8 nitrogen and oxygen atoms in total. The summed E-state index contributed by atoms with van der Waals surface area (Å²) in [5.41, 5.74) is 8.41. The van der Waals surface area contributed by atoms with E-state index in [1.54, 1.807) is 13.3 Å². The van der Waals surface area contributed by atoms with Gasteiger partial charge in [-0.05, 0) is 25.0 Å². The molecule has 140 valence electrons. The summed E-state index contributed by atoms with van der Waals surface area (Å²) >= 11 is 0. The van der Waals surface area contributed by atoms with Crippen molar-refractivity contribution in [2.24, 2.45) is 5.73 Å². The second-order valence-corrected chi connectivity index (χ2v) is 6.70. The molecule has 0 radical (unpaired) electrons. The van der Waals surface area contributed by atoms with Crippen molar-refractivity contribution in [1.29, 1.82) is 0 Å². The smallest absolute Gasteiger partial charge is 0.156 e. The summed E-state index contributed by atoms with van der Waals surface area (Å²) in [6.45, 7) is 0.834. The molecule has 0 aromatic carbocycles. The molecule has 0 saturated heterocycles. The van der Waals surface area contributed by atoms with Crippen molar-refractivity contribution in [2.45, 2.75) is 38.0 Å². The Balaban J connectivity index is 1.46. The second kappa shape index (κ2) is 7.81. The largest absolute Gasteiger partial charge is 0.377 e. The average molecular weight is 366 g/mol. The summed E-state index contributed by atoms with van der Waals surface area (Å²) in [5.74, 6) is 2.49. The third-order valence-electron chi connectivity index (χ3n) is 4.59. The minimum absolute atomic E-state index is 0.270. The Labute approximate surface area is 157 Å². The molecule has 27 heavy (non-hydrogen) atoms. The molecule has 3 N–H and O–H groups in total. The molecular weight excluding hydrogens is 344 g/mol. The van der Waals surface area contributed by atoms with Crippen molar-refractivity contribution >= 4 is 5.82 Å². The SMILES string of the molecule is COCc1nc(NCc2cc(-c3ccccn3)no2)cc(C2CC(N)C2)n1. The topological polar surface area (TPSA) is 112 Å². The summed E-state index contributed by atoms with van der Waals surface area (Å²) in [4.78, 5) is 13.4. The Morgan fingerprint density at radius 3 is 2.85 bits per heavy atom. The summed E-state index contributed by atoms with van der Waals surface area (Å²) in [7, 11) is 1.63. The zero-order valence-electron chi connectivity index (χ0n) is 15.1. The minimum atomic E-state index is 0.270. The van der Waals surface area contributed by atoms with Gasteiger partial charge in [0.1, 0.15) is 18.1 Å². The first-order chi connectivity index (χ1) is 13.2. The molecule has 1 fully saturated rings. The number of rotatable bonds is 7. The fourth-order valence-corrected chi connectivity index (χ4v) is 3.12. The summed E-state index contributed by atoms with van der Waals surface area (Å²) in [6.07, 6.45) is 3.64. The van der Waals surface area contributed by atoms with Crippen LogP contribution in [0.5, 0.6) is 0 Å². The van der Waals surface area contributed by atoms with E-state index >= 15 is 0 Å². The molecule has 3 aromatic heterocycles. The lowest BCUT2D eigenvalue weighted by Crippen LogP contribution is -2.35. The molecule has 0 unspecified atom stereocenters. The van der Waals surface area contributed by atoms with Gasteiger partial charge < -0.3 is 20.3 Å². The Bertz CT molecular complexity index is 892. The van der Waals surface area contributed by atoms with Crippen LogP contribution in [0.4, 0.5) is 5.82 Å². The van der Waals surface area contributed by atoms with E-state index < -0.39 is 0 Å². The van der Waals surface area contributed by atoms with E-state index in [9.17, 15) is 0 Å². The quantitative estimate of drug-likeness (QED) is 0.656. The van der Waals surface area contributed by atoms with Gasteiger partial charge in [0.25, 0.3) is 0 Å². The van der Waals surface area contributed by atoms with Gasteiger partial charge in [0.2, 0.25) is 0 Å². The standard InChI is InChI=1S/C19H22N6O2/c1-26-11-19-23-16(12-6-13(20)7-12)9-18(24-19)22-10-14-8-17(25-27-14)15-4-2-3-5-21-15/h2-5,8-9,12-13H,6-7,10-11,20H2,1H3,(H,22,23,24). The number of nitrogens with one attached hydrogen (secondary N) is 1. The number of nitrogens with zero attached hydrogens (tertiary/aromatic N) is 4. The van der Waals surface area contributed by atoms with E-state index in [0.29, 0.717) is 36.3 Å². The van der Waals surface area contributed by atoms with Crippen LogP contribution in [0.15, 0.2) is 41.1 Å². The zero-order valence-corrected chi connectivity index (χ0v) is 15.1. The highest BCUT2D eigenvalue weighted by atomic mass is 16.5. The first-order valence-corrected chi connectivity index (χ1v) is 8.94. The van der Waals surface area contributed by atoms with E-state index in [-0.39, 0.29) is 6.04 Å². The Morgan fingerprint density at radius 1 is 1.22 bits per heavy atom. The van der Waals surface area contributed by atoms with Gasteiger partial charge >= 0.3 is 0 Å². The molecule has 0 aliphatic heterocycles. The zero-order chi connectivity index (χ0) is 18.6. The highest BCUT2D eigenvalue weighted by Gasteiger charge is 2.29. The molecular formula is C19H22N6O2. The van der Waals surface area contributed by atoms with Crippen LogP contribution in [0, 0.1) is 0 Å². The third-order valence-corrected chi connectivity index (χ3v) is 4.59. The van der Waals surface area contributed by atoms with E-state index in [1.807, 2.05) is 30.3 Å². The molecule has 3 aromatic rings. The van der Waals surface area contributed by atoms with Crippen molar-refractivity contribution < 1.29 is 9.26 Å². The fourth-order valence-electron chi connectivity index (χ4n) is 3.12. The second-order valence-electron chi connectivity index (χ2n) is 6.70. The van der Waals surface area contributed by atoms with Crippen LogP contribution in [0.1, 0.15) is 36.0 Å². The number of anilines is 1. The van der Waals surface area contributed by atoms with Gasteiger partial charge in [-0.15, -0.1) is 0 Å². The van der Waals surface area contributed by atoms with Gasteiger partial charge in [0.05, 0.1) is 12.2 Å². The summed E-state index contributed by atoms with van der Waals surface area (Å²) in [5, 5.41) is 7.37. The number of ether oxygens (including phenoxy) is 1. The highest BCUT2D eigenvalue weighted by Crippen LogP contribution is 2.35. The van der Waals surface area contributed by atoms with Gasteiger partial charge in [-0.1, -0.05) is 11.2 Å². The van der Waals surface area contributed by atoms with Crippen molar-refractivity contribution in [2.75, 3.05) is 12.4 Å².